The number of anilines is 1. The molecule has 0 saturated carbocycles. The van der Waals surface area contributed by atoms with Gasteiger partial charge in [0.1, 0.15) is 6.04 Å². The van der Waals surface area contributed by atoms with Gasteiger partial charge >= 0.3 is 0 Å². The van der Waals surface area contributed by atoms with E-state index in [9.17, 15) is 19.7 Å². The van der Waals surface area contributed by atoms with E-state index < -0.39 is 16.9 Å². The molecule has 1 N–H and O–H groups in total. The van der Waals surface area contributed by atoms with Crippen LogP contribution < -0.4 is 5.32 Å². The van der Waals surface area contributed by atoms with Gasteiger partial charge in [0.05, 0.1) is 11.5 Å². The first-order valence-corrected chi connectivity index (χ1v) is 7.17. The molecule has 9 heteroatoms. The van der Waals surface area contributed by atoms with Crippen molar-refractivity contribution in [3.8, 4) is 0 Å². The average Bonchev–Trinajstić information content (AvgIpc) is 3.07. The molecule has 0 aliphatic rings. The van der Waals surface area contributed by atoms with Crippen molar-refractivity contribution in [3.63, 3.8) is 0 Å². The van der Waals surface area contributed by atoms with E-state index in [0.29, 0.717) is 5.69 Å². The summed E-state index contributed by atoms with van der Waals surface area (Å²) in [5.74, 6) is -0.716. The van der Waals surface area contributed by atoms with Crippen LogP contribution in [0.3, 0.4) is 0 Å². The van der Waals surface area contributed by atoms with Crippen LogP contribution in [0.4, 0.5) is 11.4 Å². The summed E-state index contributed by atoms with van der Waals surface area (Å²) >= 11 is 0. The van der Waals surface area contributed by atoms with Crippen molar-refractivity contribution in [1.82, 2.24) is 14.7 Å². The standard InChI is InChI=1S/C15H17N5O4/c1-11(19-8-4-7-16-19)15(22)18(2)10-14(21)17-12-5-3-6-13(9-12)20(23)24/h3-9,11H,10H2,1-2H3,(H,17,21). The maximum Gasteiger partial charge on any atom is 0.271 e. The Hall–Kier alpha value is -3.23. The highest BCUT2D eigenvalue weighted by atomic mass is 16.6. The van der Waals surface area contributed by atoms with Crippen LogP contribution in [0, 0.1) is 10.1 Å². The van der Waals surface area contributed by atoms with E-state index in [2.05, 4.69) is 10.4 Å². The Bertz CT molecular complexity index is 744. The van der Waals surface area contributed by atoms with Crippen LogP contribution in [0.1, 0.15) is 13.0 Å². The molecule has 24 heavy (non-hydrogen) atoms. The average molecular weight is 331 g/mol. The van der Waals surface area contributed by atoms with Crippen LogP contribution in [0.5, 0.6) is 0 Å². The monoisotopic (exact) mass is 331 g/mol. The molecule has 1 unspecified atom stereocenters. The quantitative estimate of drug-likeness (QED) is 0.636. The van der Waals surface area contributed by atoms with Gasteiger partial charge in [0, 0.05) is 37.3 Å². The molecule has 9 nitrogen and oxygen atoms in total. The molecule has 1 aromatic heterocycles. The van der Waals surface area contributed by atoms with Crippen molar-refractivity contribution < 1.29 is 14.5 Å². The molecule has 0 aliphatic carbocycles. The van der Waals surface area contributed by atoms with Gasteiger partial charge in [-0.25, -0.2) is 0 Å². The number of carbonyl (C=O) groups excluding carboxylic acids is 2. The minimum Gasteiger partial charge on any atom is -0.335 e. The number of hydrogen-bond acceptors (Lipinski definition) is 5. The summed E-state index contributed by atoms with van der Waals surface area (Å²) in [6.07, 6.45) is 3.23. The predicted octanol–water partition coefficient (Wildman–Crippen LogP) is 1.45. The van der Waals surface area contributed by atoms with Crippen molar-refractivity contribution in [2.45, 2.75) is 13.0 Å². The van der Waals surface area contributed by atoms with Gasteiger partial charge in [-0.3, -0.25) is 24.4 Å². The molecule has 0 bridgehead atoms. The van der Waals surface area contributed by atoms with Crippen LogP contribution in [0.2, 0.25) is 0 Å². The SMILES string of the molecule is CC(C(=O)N(C)CC(=O)Nc1cccc([N+](=O)[O-])c1)n1cccn1. The molecule has 0 aliphatic heterocycles. The number of rotatable bonds is 6. The summed E-state index contributed by atoms with van der Waals surface area (Å²) in [5, 5.41) is 17.3. The Morgan fingerprint density at radius 2 is 2.17 bits per heavy atom. The highest BCUT2D eigenvalue weighted by Crippen LogP contribution is 2.17. The number of likely N-dealkylation sites (N-methyl/N-ethyl adjacent to an activating group) is 1. The van der Waals surface area contributed by atoms with E-state index in [0.717, 1.165) is 0 Å². The number of nitro groups is 1. The smallest absolute Gasteiger partial charge is 0.271 e. The third kappa shape index (κ3) is 4.15. The number of nitro benzene ring substituents is 1. The molecule has 0 fully saturated rings. The number of non-ortho nitro benzene ring substituents is 1. The van der Waals surface area contributed by atoms with Crippen molar-refractivity contribution >= 4 is 23.2 Å². The fourth-order valence-corrected chi connectivity index (χ4v) is 2.13. The summed E-state index contributed by atoms with van der Waals surface area (Å²) in [6.45, 7) is 1.51. The minimum atomic E-state index is -0.545. The summed E-state index contributed by atoms with van der Waals surface area (Å²) in [4.78, 5) is 35.7. The molecule has 0 spiro atoms. The minimum absolute atomic E-state index is 0.121. The maximum atomic E-state index is 12.3. The van der Waals surface area contributed by atoms with Gasteiger partial charge in [-0.2, -0.15) is 5.10 Å². The van der Waals surface area contributed by atoms with Crippen LogP contribution in [-0.2, 0) is 9.59 Å². The number of hydrogen-bond donors (Lipinski definition) is 1. The number of nitrogens with zero attached hydrogens (tertiary/aromatic N) is 4. The second kappa shape index (κ2) is 7.36. The Morgan fingerprint density at radius 1 is 1.42 bits per heavy atom. The van der Waals surface area contributed by atoms with Gasteiger partial charge in [-0.1, -0.05) is 6.07 Å². The first kappa shape index (κ1) is 17.1. The number of nitrogens with one attached hydrogen (secondary N) is 1. The lowest BCUT2D eigenvalue weighted by molar-refractivity contribution is -0.384. The van der Waals surface area contributed by atoms with Crippen LogP contribution >= 0.6 is 0 Å². The van der Waals surface area contributed by atoms with E-state index in [-0.39, 0.29) is 18.1 Å². The molecule has 0 radical (unpaired) electrons. The summed E-state index contributed by atoms with van der Waals surface area (Å²) in [7, 11) is 1.51. The molecule has 0 saturated heterocycles. The van der Waals surface area contributed by atoms with E-state index in [1.807, 2.05) is 0 Å². The first-order valence-electron chi connectivity index (χ1n) is 7.17. The molecule has 2 rings (SSSR count). The van der Waals surface area contributed by atoms with E-state index in [1.54, 1.807) is 31.5 Å². The van der Waals surface area contributed by atoms with Crippen molar-refractivity contribution in [1.29, 1.82) is 0 Å². The zero-order chi connectivity index (χ0) is 17.7. The molecule has 1 atom stereocenters. The molecular weight excluding hydrogens is 314 g/mol. The predicted molar refractivity (Wildman–Crippen MR) is 86.3 cm³/mol. The van der Waals surface area contributed by atoms with Crippen molar-refractivity contribution in [2.24, 2.45) is 0 Å². The number of carbonyl (C=O) groups is 2. The molecule has 2 amide bonds. The lowest BCUT2D eigenvalue weighted by Crippen LogP contribution is -2.38. The fourth-order valence-electron chi connectivity index (χ4n) is 2.13. The summed E-state index contributed by atoms with van der Waals surface area (Å²) in [5.41, 5.74) is 0.180. The highest BCUT2D eigenvalue weighted by Gasteiger charge is 2.21. The number of benzene rings is 1. The Labute approximate surface area is 138 Å². The van der Waals surface area contributed by atoms with Gasteiger partial charge in [-0.05, 0) is 19.1 Å². The lowest BCUT2D eigenvalue weighted by Gasteiger charge is -2.21. The summed E-state index contributed by atoms with van der Waals surface area (Å²) < 4.78 is 1.50. The van der Waals surface area contributed by atoms with Crippen molar-refractivity contribution in [2.75, 3.05) is 18.9 Å². The van der Waals surface area contributed by atoms with Crippen LogP contribution in [0.15, 0.2) is 42.7 Å². The van der Waals surface area contributed by atoms with Crippen LogP contribution in [-0.4, -0.2) is 45.0 Å². The Morgan fingerprint density at radius 3 is 2.79 bits per heavy atom. The molecule has 1 heterocycles. The number of amides is 2. The molecule has 2 aromatic rings. The lowest BCUT2D eigenvalue weighted by atomic mass is 10.2. The number of aromatic nitrogens is 2. The molecule has 1 aromatic carbocycles. The second-order valence-corrected chi connectivity index (χ2v) is 5.21. The van der Waals surface area contributed by atoms with Gasteiger partial charge in [0.2, 0.25) is 11.8 Å². The molecule has 126 valence electrons. The zero-order valence-corrected chi connectivity index (χ0v) is 13.2. The van der Waals surface area contributed by atoms with Crippen molar-refractivity contribution in [3.05, 3.63) is 52.8 Å². The fraction of sp³-hybridized carbons (Fsp3) is 0.267. The summed E-state index contributed by atoms with van der Waals surface area (Å²) in [6, 6.07) is 6.78. The highest BCUT2D eigenvalue weighted by molar-refractivity contribution is 5.95. The van der Waals surface area contributed by atoms with Gasteiger partial charge < -0.3 is 10.2 Å². The van der Waals surface area contributed by atoms with Gasteiger partial charge in [-0.15, -0.1) is 0 Å². The zero-order valence-electron chi connectivity index (χ0n) is 13.2. The normalized spacial score (nSPS) is 11.6. The third-order valence-corrected chi connectivity index (χ3v) is 3.38. The van der Waals surface area contributed by atoms with E-state index >= 15 is 0 Å². The maximum absolute atomic E-state index is 12.3. The van der Waals surface area contributed by atoms with E-state index in [1.165, 1.54) is 34.8 Å². The van der Waals surface area contributed by atoms with Crippen LogP contribution in [0.25, 0.3) is 0 Å². The Kier molecular flexibility index (Phi) is 5.25. The van der Waals surface area contributed by atoms with Gasteiger partial charge in [0.25, 0.3) is 5.69 Å². The topological polar surface area (TPSA) is 110 Å². The second-order valence-electron chi connectivity index (χ2n) is 5.21. The van der Waals surface area contributed by atoms with E-state index in [4.69, 9.17) is 0 Å². The first-order chi connectivity index (χ1) is 11.4. The van der Waals surface area contributed by atoms with Gasteiger partial charge in [0.15, 0.2) is 0 Å². The Balaban J connectivity index is 1.95. The molecular formula is C15H17N5O4. The largest absolute Gasteiger partial charge is 0.335 e. The third-order valence-electron chi connectivity index (χ3n) is 3.38.